The van der Waals surface area contributed by atoms with Crippen molar-refractivity contribution >= 4 is 33.2 Å². The normalized spacial score (nSPS) is 16.0. The molecule has 21 heavy (non-hydrogen) atoms. The van der Waals surface area contributed by atoms with Crippen molar-refractivity contribution in [2.45, 2.75) is 24.8 Å². The minimum atomic E-state index is -0.113. The molecule has 1 fully saturated rings. The molecule has 3 aromatic heterocycles. The maximum absolute atomic E-state index is 8.95. The minimum Gasteiger partial charge on any atom is -0.265 e. The van der Waals surface area contributed by atoms with Crippen molar-refractivity contribution in [2.24, 2.45) is 0 Å². The van der Waals surface area contributed by atoms with Gasteiger partial charge in [-0.2, -0.15) is 10.4 Å². The number of hydrogen-bond donors (Lipinski definition) is 0. The van der Waals surface area contributed by atoms with E-state index in [2.05, 4.69) is 21.1 Å². The van der Waals surface area contributed by atoms with Gasteiger partial charge in [-0.1, -0.05) is 0 Å². The van der Waals surface area contributed by atoms with Crippen molar-refractivity contribution in [3.05, 3.63) is 29.1 Å². The molecule has 1 aliphatic carbocycles. The lowest BCUT2D eigenvalue weighted by Crippen LogP contribution is -2.16. The Kier molecular flexibility index (Phi) is 2.74. The topological polar surface area (TPSA) is 67.4 Å². The molecular weight excluding hydrogens is 306 g/mol. The number of rotatable bonds is 3. The van der Waals surface area contributed by atoms with Gasteiger partial charge in [-0.25, -0.2) is 9.97 Å². The Bertz CT molecular complexity index is 871. The Labute approximate surface area is 129 Å². The van der Waals surface area contributed by atoms with Gasteiger partial charge < -0.3 is 0 Å². The van der Waals surface area contributed by atoms with Gasteiger partial charge in [0.25, 0.3) is 0 Å². The van der Waals surface area contributed by atoms with Crippen LogP contribution in [0.15, 0.2) is 23.8 Å². The first-order valence-electron chi connectivity index (χ1n) is 6.55. The summed E-state index contributed by atoms with van der Waals surface area (Å²) < 4.78 is 2.91. The van der Waals surface area contributed by atoms with Crippen LogP contribution in [0.4, 0.5) is 0 Å². The van der Waals surface area contributed by atoms with Crippen LogP contribution in [-0.2, 0) is 5.54 Å². The molecule has 3 heterocycles. The maximum Gasteiger partial charge on any atom is 0.223 e. The lowest BCUT2D eigenvalue weighted by Gasteiger charge is -2.10. The van der Waals surface area contributed by atoms with Gasteiger partial charge in [-0.05, 0) is 35.9 Å². The van der Waals surface area contributed by atoms with E-state index in [1.807, 2.05) is 22.3 Å². The van der Waals surface area contributed by atoms with E-state index < -0.39 is 0 Å². The number of halogens is 1. The van der Waals surface area contributed by atoms with Crippen molar-refractivity contribution < 1.29 is 0 Å². The highest BCUT2D eigenvalue weighted by atomic mass is 35.5. The van der Waals surface area contributed by atoms with Crippen LogP contribution in [0.25, 0.3) is 21.5 Å². The fourth-order valence-corrected chi connectivity index (χ4v) is 3.53. The first kappa shape index (κ1) is 12.7. The van der Waals surface area contributed by atoms with E-state index in [4.69, 9.17) is 16.9 Å². The molecule has 5 nitrogen and oxygen atoms in total. The molecule has 1 aliphatic rings. The number of nitriles is 1. The second kappa shape index (κ2) is 4.52. The second-order valence-electron chi connectivity index (χ2n) is 5.21. The van der Waals surface area contributed by atoms with E-state index in [9.17, 15) is 0 Å². The molecular formula is C14H10ClN5S. The zero-order chi connectivity index (χ0) is 14.4. The summed E-state index contributed by atoms with van der Waals surface area (Å²) in [6.45, 7) is 0. The molecule has 4 rings (SSSR count). The monoisotopic (exact) mass is 315 g/mol. The molecule has 0 saturated heterocycles. The lowest BCUT2D eigenvalue weighted by molar-refractivity contribution is 0.440. The molecule has 104 valence electrons. The van der Waals surface area contributed by atoms with Gasteiger partial charge in [0.05, 0.1) is 40.1 Å². The second-order valence-corrected chi connectivity index (χ2v) is 6.46. The van der Waals surface area contributed by atoms with Crippen LogP contribution in [0.2, 0.25) is 5.28 Å². The summed E-state index contributed by atoms with van der Waals surface area (Å²) >= 11 is 7.59. The highest BCUT2D eigenvalue weighted by molar-refractivity contribution is 7.17. The molecule has 3 aromatic rings. The quantitative estimate of drug-likeness (QED) is 0.692. The van der Waals surface area contributed by atoms with E-state index in [0.717, 1.165) is 34.3 Å². The summed E-state index contributed by atoms with van der Waals surface area (Å²) in [5.41, 5.74) is 2.45. The van der Waals surface area contributed by atoms with Crippen molar-refractivity contribution in [1.29, 1.82) is 5.26 Å². The molecule has 7 heteroatoms. The summed E-state index contributed by atoms with van der Waals surface area (Å²) in [5, 5.41) is 15.6. The molecule has 0 atom stereocenters. The molecule has 0 N–H and O–H groups in total. The van der Waals surface area contributed by atoms with Gasteiger partial charge >= 0.3 is 0 Å². The Morgan fingerprint density at radius 1 is 1.43 bits per heavy atom. The van der Waals surface area contributed by atoms with Crippen LogP contribution in [0.5, 0.6) is 0 Å². The van der Waals surface area contributed by atoms with Gasteiger partial charge in [-0.3, -0.25) is 4.68 Å². The van der Waals surface area contributed by atoms with Crippen LogP contribution < -0.4 is 0 Å². The maximum atomic E-state index is 8.95. The number of aromatic nitrogens is 4. The summed E-state index contributed by atoms with van der Waals surface area (Å²) in [5.74, 6) is 0. The van der Waals surface area contributed by atoms with Crippen molar-refractivity contribution in [2.75, 3.05) is 0 Å². The third-order valence-corrected chi connectivity index (χ3v) is 4.93. The summed E-state index contributed by atoms with van der Waals surface area (Å²) in [4.78, 5) is 8.57. The third kappa shape index (κ3) is 2.01. The predicted octanol–water partition coefficient (Wildman–Crippen LogP) is 3.61. The highest BCUT2D eigenvalue weighted by Crippen LogP contribution is 2.46. The molecule has 0 radical (unpaired) electrons. The van der Waals surface area contributed by atoms with Crippen molar-refractivity contribution in [3.8, 4) is 17.3 Å². The molecule has 1 saturated carbocycles. The Morgan fingerprint density at radius 2 is 2.29 bits per heavy atom. The standard InChI is InChI=1S/C14H10ClN5S/c15-13-18-10-1-6-21-12(10)11(19-13)9-7-17-20(8-9)14(2-3-14)4-5-16/h1,6-8H,2-4H2. The van der Waals surface area contributed by atoms with Crippen molar-refractivity contribution in [1.82, 2.24) is 19.7 Å². The van der Waals surface area contributed by atoms with Crippen molar-refractivity contribution in [3.63, 3.8) is 0 Å². The smallest absolute Gasteiger partial charge is 0.223 e. The zero-order valence-corrected chi connectivity index (χ0v) is 12.5. The number of thiophene rings is 1. The Balaban J connectivity index is 1.82. The van der Waals surface area contributed by atoms with Crippen LogP contribution in [0.1, 0.15) is 19.3 Å². The first-order chi connectivity index (χ1) is 10.2. The van der Waals surface area contributed by atoms with Crippen LogP contribution >= 0.6 is 22.9 Å². The molecule has 0 bridgehead atoms. The predicted molar refractivity (Wildman–Crippen MR) is 81.1 cm³/mol. The van der Waals surface area contributed by atoms with E-state index in [-0.39, 0.29) is 10.8 Å². The largest absolute Gasteiger partial charge is 0.265 e. The van der Waals surface area contributed by atoms with Crippen LogP contribution in [0.3, 0.4) is 0 Å². The van der Waals surface area contributed by atoms with Gasteiger partial charge in [0.1, 0.15) is 0 Å². The molecule has 0 aliphatic heterocycles. The first-order valence-corrected chi connectivity index (χ1v) is 7.81. The van der Waals surface area contributed by atoms with E-state index in [0.29, 0.717) is 6.42 Å². The summed E-state index contributed by atoms with van der Waals surface area (Å²) in [6, 6.07) is 4.18. The van der Waals surface area contributed by atoms with Crippen LogP contribution in [0, 0.1) is 11.3 Å². The molecule has 0 amide bonds. The summed E-state index contributed by atoms with van der Waals surface area (Å²) in [6.07, 6.45) is 6.24. The van der Waals surface area contributed by atoms with Gasteiger partial charge in [0.2, 0.25) is 5.28 Å². The Morgan fingerprint density at radius 3 is 3.05 bits per heavy atom. The lowest BCUT2D eigenvalue weighted by atomic mass is 10.2. The third-order valence-electron chi connectivity index (χ3n) is 3.85. The molecule has 0 spiro atoms. The van der Waals surface area contributed by atoms with E-state index in [1.54, 1.807) is 17.5 Å². The molecule has 0 unspecified atom stereocenters. The fourth-order valence-electron chi connectivity index (χ4n) is 2.51. The summed E-state index contributed by atoms with van der Waals surface area (Å²) in [7, 11) is 0. The van der Waals surface area contributed by atoms with E-state index >= 15 is 0 Å². The number of fused-ring (bicyclic) bond motifs is 1. The number of nitrogens with zero attached hydrogens (tertiary/aromatic N) is 5. The average molecular weight is 316 g/mol. The average Bonchev–Trinajstić information content (AvgIpc) is 2.92. The van der Waals surface area contributed by atoms with Gasteiger partial charge in [0.15, 0.2) is 0 Å². The fraction of sp³-hybridized carbons (Fsp3) is 0.286. The van der Waals surface area contributed by atoms with E-state index in [1.165, 1.54) is 0 Å². The van der Waals surface area contributed by atoms with Gasteiger partial charge in [0, 0.05) is 11.8 Å². The zero-order valence-electron chi connectivity index (χ0n) is 11.0. The molecule has 0 aromatic carbocycles. The Hall–Kier alpha value is -1.97. The number of hydrogen-bond acceptors (Lipinski definition) is 5. The minimum absolute atomic E-state index is 0.113. The van der Waals surface area contributed by atoms with Gasteiger partial charge in [-0.15, -0.1) is 11.3 Å². The van der Waals surface area contributed by atoms with Crippen LogP contribution in [-0.4, -0.2) is 19.7 Å². The SMILES string of the molecule is N#CCC1(n2cc(-c3nc(Cl)nc4ccsc34)cn2)CC1. The highest BCUT2D eigenvalue weighted by Gasteiger charge is 2.45.